The summed E-state index contributed by atoms with van der Waals surface area (Å²) in [5, 5.41) is 0. The monoisotopic (exact) mass is 314 g/mol. The first-order chi connectivity index (χ1) is 11.2. The van der Waals surface area contributed by atoms with E-state index in [0.29, 0.717) is 23.8 Å². The number of carbonyl (C=O) groups is 1. The van der Waals surface area contributed by atoms with Gasteiger partial charge in [0.25, 0.3) is 0 Å². The number of rotatable bonds is 4. The van der Waals surface area contributed by atoms with E-state index in [0.717, 1.165) is 44.6 Å². The van der Waals surface area contributed by atoms with Crippen LogP contribution in [0.3, 0.4) is 0 Å². The van der Waals surface area contributed by atoms with Crippen molar-refractivity contribution in [2.24, 2.45) is 5.92 Å². The van der Waals surface area contributed by atoms with E-state index in [1.165, 1.54) is 25.0 Å². The van der Waals surface area contributed by atoms with E-state index < -0.39 is 0 Å². The average Bonchev–Trinajstić information content (AvgIpc) is 3.38. The summed E-state index contributed by atoms with van der Waals surface area (Å²) in [6.07, 6.45) is 9.73. The van der Waals surface area contributed by atoms with Crippen molar-refractivity contribution in [3.05, 3.63) is 18.1 Å². The van der Waals surface area contributed by atoms with Gasteiger partial charge < -0.3 is 9.80 Å². The van der Waals surface area contributed by atoms with Crippen LogP contribution in [0.5, 0.6) is 0 Å². The van der Waals surface area contributed by atoms with Gasteiger partial charge in [-0.15, -0.1) is 0 Å². The van der Waals surface area contributed by atoms with Gasteiger partial charge >= 0.3 is 0 Å². The smallest absolute Gasteiger partial charge is 0.225 e. The lowest BCUT2D eigenvalue weighted by atomic mass is 9.84. The second-order valence-corrected chi connectivity index (χ2v) is 7.37. The van der Waals surface area contributed by atoms with Gasteiger partial charge in [0.05, 0.1) is 0 Å². The fourth-order valence-electron chi connectivity index (χ4n) is 3.74. The number of amides is 1. The van der Waals surface area contributed by atoms with Crippen molar-refractivity contribution >= 4 is 11.7 Å². The molecule has 2 heterocycles. The van der Waals surface area contributed by atoms with E-state index in [4.69, 9.17) is 0 Å². The van der Waals surface area contributed by atoms with E-state index >= 15 is 0 Å². The molecule has 4 rings (SSSR count). The van der Waals surface area contributed by atoms with Crippen molar-refractivity contribution in [1.82, 2.24) is 14.9 Å². The van der Waals surface area contributed by atoms with Crippen LogP contribution in [0.25, 0.3) is 0 Å². The fraction of sp³-hybridized carbons (Fsp3) is 0.722. The molecule has 3 fully saturated rings. The Morgan fingerprint density at radius 3 is 2.48 bits per heavy atom. The lowest BCUT2D eigenvalue weighted by Gasteiger charge is -2.39. The fourth-order valence-corrected chi connectivity index (χ4v) is 3.74. The van der Waals surface area contributed by atoms with Crippen molar-refractivity contribution in [3.63, 3.8) is 0 Å². The lowest BCUT2D eigenvalue weighted by Crippen LogP contribution is -2.48. The maximum atomic E-state index is 12.4. The van der Waals surface area contributed by atoms with Crippen molar-refractivity contribution in [2.75, 3.05) is 25.0 Å². The molecule has 0 unspecified atom stereocenters. The molecule has 2 saturated carbocycles. The van der Waals surface area contributed by atoms with Gasteiger partial charge in [-0.3, -0.25) is 4.79 Å². The van der Waals surface area contributed by atoms with Crippen LogP contribution in [0, 0.1) is 5.92 Å². The predicted molar refractivity (Wildman–Crippen MR) is 89.4 cm³/mol. The minimum absolute atomic E-state index is 0.306. The quantitative estimate of drug-likeness (QED) is 0.857. The molecule has 0 bridgehead atoms. The third kappa shape index (κ3) is 3.06. The number of hydrogen-bond acceptors (Lipinski definition) is 4. The first-order valence-corrected chi connectivity index (χ1v) is 9.06. The van der Waals surface area contributed by atoms with Gasteiger partial charge in [-0.05, 0) is 38.5 Å². The Morgan fingerprint density at radius 2 is 1.87 bits per heavy atom. The Labute approximate surface area is 138 Å². The third-order valence-corrected chi connectivity index (χ3v) is 5.81. The van der Waals surface area contributed by atoms with Gasteiger partial charge in [-0.2, -0.15) is 0 Å². The van der Waals surface area contributed by atoms with Gasteiger partial charge in [-0.1, -0.05) is 6.42 Å². The molecule has 3 aliphatic rings. The molecular formula is C18H26N4O. The van der Waals surface area contributed by atoms with Crippen LogP contribution in [-0.4, -0.2) is 47.0 Å². The molecule has 1 saturated heterocycles. The second kappa shape index (κ2) is 6.10. The van der Waals surface area contributed by atoms with E-state index in [9.17, 15) is 4.79 Å². The van der Waals surface area contributed by atoms with Crippen LogP contribution in [0.15, 0.2) is 12.4 Å². The highest BCUT2D eigenvalue weighted by Crippen LogP contribution is 2.39. The Hall–Kier alpha value is -1.65. The summed E-state index contributed by atoms with van der Waals surface area (Å²) < 4.78 is 0. The summed E-state index contributed by atoms with van der Waals surface area (Å²) >= 11 is 0. The Kier molecular flexibility index (Phi) is 3.95. The van der Waals surface area contributed by atoms with Gasteiger partial charge in [-0.25, -0.2) is 9.97 Å². The SMILES string of the molecule is CN(C(=O)C1CCC1)C1CCN(c2cc(C3CC3)ncn2)CC1. The van der Waals surface area contributed by atoms with Crippen LogP contribution in [0.4, 0.5) is 5.82 Å². The zero-order chi connectivity index (χ0) is 15.8. The highest BCUT2D eigenvalue weighted by molar-refractivity contribution is 5.79. The summed E-state index contributed by atoms with van der Waals surface area (Å²) in [5.74, 6) is 2.41. The van der Waals surface area contributed by atoms with Crippen molar-refractivity contribution in [2.45, 2.75) is 56.9 Å². The third-order valence-electron chi connectivity index (χ3n) is 5.81. The summed E-state index contributed by atoms with van der Waals surface area (Å²) in [7, 11) is 2.00. The molecule has 2 aliphatic carbocycles. The first-order valence-electron chi connectivity index (χ1n) is 9.06. The zero-order valence-electron chi connectivity index (χ0n) is 13.9. The predicted octanol–water partition coefficient (Wildman–Crippen LogP) is 2.58. The summed E-state index contributed by atoms with van der Waals surface area (Å²) in [6, 6.07) is 2.56. The number of nitrogens with zero attached hydrogens (tertiary/aromatic N) is 4. The Balaban J connectivity index is 1.35. The van der Waals surface area contributed by atoms with Crippen LogP contribution in [0.1, 0.15) is 56.6 Å². The van der Waals surface area contributed by atoms with Crippen molar-refractivity contribution in [1.29, 1.82) is 0 Å². The minimum atomic E-state index is 0.306. The maximum Gasteiger partial charge on any atom is 0.225 e. The van der Waals surface area contributed by atoms with Crippen molar-refractivity contribution < 1.29 is 4.79 Å². The minimum Gasteiger partial charge on any atom is -0.356 e. The van der Waals surface area contributed by atoms with E-state index in [1.807, 2.05) is 11.9 Å². The molecule has 23 heavy (non-hydrogen) atoms. The molecule has 0 radical (unpaired) electrons. The second-order valence-electron chi connectivity index (χ2n) is 7.37. The summed E-state index contributed by atoms with van der Waals surface area (Å²) in [5.41, 5.74) is 1.20. The molecule has 1 aromatic rings. The average molecular weight is 314 g/mol. The maximum absolute atomic E-state index is 12.4. The van der Waals surface area contributed by atoms with E-state index in [-0.39, 0.29) is 0 Å². The van der Waals surface area contributed by atoms with Gasteiger partial charge in [0, 0.05) is 49.8 Å². The molecule has 1 aliphatic heterocycles. The highest BCUT2D eigenvalue weighted by Gasteiger charge is 2.33. The van der Waals surface area contributed by atoms with Gasteiger partial charge in [0.2, 0.25) is 5.91 Å². The molecule has 0 aromatic carbocycles. The molecular weight excluding hydrogens is 288 g/mol. The van der Waals surface area contributed by atoms with E-state index in [2.05, 4.69) is 20.9 Å². The molecule has 0 atom stereocenters. The molecule has 1 amide bonds. The number of anilines is 1. The molecule has 1 aromatic heterocycles. The van der Waals surface area contributed by atoms with Crippen LogP contribution in [-0.2, 0) is 4.79 Å². The first kappa shape index (κ1) is 14.9. The number of hydrogen-bond donors (Lipinski definition) is 0. The van der Waals surface area contributed by atoms with Crippen LogP contribution < -0.4 is 4.90 Å². The normalized spacial score (nSPS) is 22.7. The molecule has 0 spiro atoms. The number of carbonyl (C=O) groups excluding carboxylic acids is 1. The Bertz CT molecular complexity index is 574. The zero-order valence-corrected chi connectivity index (χ0v) is 13.9. The van der Waals surface area contributed by atoms with Gasteiger partial charge in [0.1, 0.15) is 12.1 Å². The largest absolute Gasteiger partial charge is 0.356 e. The Morgan fingerprint density at radius 1 is 1.13 bits per heavy atom. The number of aromatic nitrogens is 2. The number of piperidine rings is 1. The topological polar surface area (TPSA) is 49.3 Å². The molecule has 5 heteroatoms. The van der Waals surface area contributed by atoms with Gasteiger partial charge in [0.15, 0.2) is 0 Å². The molecule has 124 valence electrons. The highest BCUT2D eigenvalue weighted by atomic mass is 16.2. The van der Waals surface area contributed by atoms with Crippen LogP contribution in [0.2, 0.25) is 0 Å². The lowest BCUT2D eigenvalue weighted by molar-refractivity contribution is -0.139. The summed E-state index contributed by atoms with van der Waals surface area (Å²) in [6.45, 7) is 1.96. The van der Waals surface area contributed by atoms with Crippen LogP contribution >= 0.6 is 0 Å². The molecule has 5 nitrogen and oxygen atoms in total. The molecule has 0 N–H and O–H groups in total. The standard InChI is InChI=1S/C18H26N4O/c1-21(18(23)14-3-2-4-14)15-7-9-22(10-8-15)17-11-16(13-5-6-13)19-12-20-17/h11-15H,2-10H2,1H3. The van der Waals surface area contributed by atoms with E-state index in [1.54, 1.807) is 6.33 Å². The van der Waals surface area contributed by atoms with Crippen molar-refractivity contribution in [3.8, 4) is 0 Å². The summed E-state index contributed by atoms with van der Waals surface area (Å²) in [4.78, 5) is 25.6.